The van der Waals surface area contributed by atoms with Gasteiger partial charge in [0, 0.05) is 24.8 Å². The predicted octanol–water partition coefficient (Wildman–Crippen LogP) is 3.91. The normalized spacial score (nSPS) is 15.6. The molecule has 0 aliphatic heterocycles. The van der Waals surface area contributed by atoms with Gasteiger partial charge in [0.25, 0.3) is 0 Å². The van der Waals surface area contributed by atoms with Crippen LogP contribution in [-0.4, -0.2) is 24.1 Å². The molecule has 3 heteroatoms. The van der Waals surface area contributed by atoms with Gasteiger partial charge in [-0.25, -0.2) is 4.98 Å². The fourth-order valence-electron chi connectivity index (χ4n) is 3.30. The molecule has 0 bridgehead atoms. The molecule has 1 N–H and O–H groups in total. The minimum Gasteiger partial charge on any atom is -0.354 e. The topological polar surface area (TPSA) is 28.2 Å². The van der Waals surface area contributed by atoms with Crippen LogP contribution in [-0.2, 0) is 13.0 Å². The molecule has 1 heterocycles. The molecule has 1 aromatic heterocycles. The maximum atomic E-state index is 4.89. The highest BCUT2D eigenvalue weighted by Gasteiger charge is 2.22. The van der Waals surface area contributed by atoms with Crippen LogP contribution in [0.3, 0.4) is 0 Å². The molecule has 3 nitrogen and oxygen atoms in total. The Morgan fingerprint density at radius 3 is 2.57 bits per heavy atom. The third-order valence-corrected chi connectivity index (χ3v) is 4.44. The van der Waals surface area contributed by atoms with Crippen LogP contribution in [0.1, 0.15) is 64.1 Å². The number of aryl methyl sites for hydroxylation is 1. The van der Waals surface area contributed by atoms with Crippen LogP contribution >= 0.6 is 0 Å². The lowest BCUT2D eigenvalue weighted by molar-refractivity contribution is 0.610. The van der Waals surface area contributed by atoms with Gasteiger partial charge in [-0.3, -0.25) is 0 Å². The molecule has 0 spiro atoms. The molecule has 0 radical (unpaired) electrons. The molecule has 1 saturated carbocycles. The highest BCUT2D eigenvalue weighted by atomic mass is 15.2. The smallest absolute Gasteiger partial charge is 0.129 e. The van der Waals surface area contributed by atoms with Gasteiger partial charge in [-0.15, -0.1) is 0 Å². The molecule has 2 rings (SSSR count). The number of hydrogen-bond acceptors (Lipinski definition) is 3. The largest absolute Gasteiger partial charge is 0.354 e. The molecule has 0 amide bonds. The first-order valence-corrected chi connectivity index (χ1v) is 8.75. The maximum absolute atomic E-state index is 4.89. The molecule has 0 unspecified atom stereocenters. The summed E-state index contributed by atoms with van der Waals surface area (Å²) in [6.07, 6.45) is 7.60. The summed E-state index contributed by atoms with van der Waals surface area (Å²) in [7, 11) is 0. The van der Waals surface area contributed by atoms with E-state index in [0.29, 0.717) is 6.04 Å². The quantitative estimate of drug-likeness (QED) is 0.735. The van der Waals surface area contributed by atoms with Crippen molar-refractivity contribution in [1.29, 1.82) is 0 Å². The van der Waals surface area contributed by atoms with Crippen molar-refractivity contribution < 1.29 is 0 Å². The van der Waals surface area contributed by atoms with E-state index in [1.165, 1.54) is 49.2 Å². The van der Waals surface area contributed by atoms with E-state index < -0.39 is 0 Å². The summed E-state index contributed by atoms with van der Waals surface area (Å²) in [5.41, 5.74) is 2.60. The van der Waals surface area contributed by atoms with Crippen molar-refractivity contribution in [2.75, 3.05) is 18.0 Å². The van der Waals surface area contributed by atoms with Crippen molar-refractivity contribution in [2.45, 2.75) is 71.9 Å². The molecule has 0 aromatic carbocycles. The summed E-state index contributed by atoms with van der Waals surface area (Å²) in [6, 6.07) is 5.25. The van der Waals surface area contributed by atoms with Crippen LogP contribution in [0.4, 0.5) is 5.82 Å². The van der Waals surface area contributed by atoms with Gasteiger partial charge in [0.15, 0.2) is 0 Å². The highest BCUT2D eigenvalue weighted by Crippen LogP contribution is 2.27. The lowest BCUT2D eigenvalue weighted by atomic mass is 10.1. The SMILES string of the molecule is CCCNCc1cc(CC)nc(N(CC)C2CCCC2)c1. The highest BCUT2D eigenvalue weighted by molar-refractivity contribution is 5.44. The van der Waals surface area contributed by atoms with Gasteiger partial charge in [0.2, 0.25) is 0 Å². The average molecular weight is 289 g/mol. The van der Waals surface area contributed by atoms with Crippen molar-refractivity contribution in [3.05, 3.63) is 23.4 Å². The molecule has 0 atom stereocenters. The van der Waals surface area contributed by atoms with E-state index in [9.17, 15) is 0 Å². The Morgan fingerprint density at radius 1 is 1.19 bits per heavy atom. The zero-order valence-electron chi connectivity index (χ0n) is 14.0. The Balaban J connectivity index is 2.17. The Kier molecular flexibility index (Phi) is 6.50. The van der Waals surface area contributed by atoms with Crippen LogP contribution in [0.5, 0.6) is 0 Å². The van der Waals surface area contributed by atoms with Gasteiger partial charge < -0.3 is 10.2 Å². The van der Waals surface area contributed by atoms with Crippen LogP contribution in [0, 0.1) is 0 Å². The molecule has 0 saturated heterocycles. The summed E-state index contributed by atoms with van der Waals surface area (Å²) in [6.45, 7) is 9.76. The molecule has 1 fully saturated rings. The lowest BCUT2D eigenvalue weighted by Crippen LogP contribution is -2.34. The van der Waals surface area contributed by atoms with Gasteiger partial charge in [-0.05, 0) is 56.8 Å². The van der Waals surface area contributed by atoms with Crippen molar-refractivity contribution in [3.63, 3.8) is 0 Å². The minimum atomic E-state index is 0.700. The molecule has 1 aliphatic carbocycles. The number of hydrogen-bond donors (Lipinski definition) is 1. The lowest BCUT2D eigenvalue weighted by Gasteiger charge is -2.29. The van der Waals surface area contributed by atoms with Gasteiger partial charge in [-0.2, -0.15) is 0 Å². The standard InChI is InChI=1S/C18H31N3/c1-4-11-19-14-15-12-16(5-2)20-18(13-15)21(6-3)17-9-7-8-10-17/h12-13,17,19H,4-11,14H2,1-3H3. The third-order valence-electron chi connectivity index (χ3n) is 4.44. The van der Waals surface area contributed by atoms with Crippen LogP contribution in [0.15, 0.2) is 12.1 Å². The number of anilines is 1. The van der Waals surface area contributed by atoms with Gasteiger partial charge >= 0.3 is 0 Å². The number of pyridine rings is 1. The second kappa shape index (κ2) is 8.38. The second-order valence-corrected chi connectivity index (χ2v) is 6.08. The van der Waals surface area contributed by atoms with Crippen LogP contribution in [0.2, 0.25) is 0 Å². The van der Waals surface area contributed by atoms with Gasteiger partial charge in [0.1, 0.15) is 5.82 Å². The fourth-order valence-corrected chi connectivity index (χ4v) is 3.30. The zero-order chi connectivity index (χ0) is 15.1. The van der Waals surface area contributed by atoms with E-state index >= 15 is 0 Å². The second-order valence-electron chi connectivity index (χ2n) is 6.08. The number of nitrogens with zero attached hydrogens (tertiary/aromatic N) is 2. The minimum absolute atomic E-state index is 0.700. The van der Waals surface area contributed by atoms with Crippen molar-refractivity contribution in [3.8, 4) is 0 Å². The molecular formula is C18H31N3. The zero-order valence-corrected chi connectivity index (χ0v) is 14.0. The predicted molar refractivity (Wildman–Crippen MR) is 90.9 cm³/mol. The summed E-state index contributed by atoms with van der Waals surface area (Å²) in [5, 5.41) is 3.51. The Hall–Kier alpha value is -1.09. The number of aromatic nitrogens is 1. The molecule has 1 aromatic rings. The van der Waals surface area contributed by atoms with Crippen LogP contribution < -0.4 is 10.2 Å². The Bertz CT molecular complexity index is 424. The van der Waals surface area contributed by atoms with E-state index in [1.54, 1.807) is 0 Å². The van der Waals surface area contributed by atoms with E-state index in [-0.39, 0.29) is 0 Å². The van der Waals surface area contributed by atoms with Crippen molar-refractivity contribution >= 4 is 5.82 Å². The van der Waals surface area contributed by atoms with E-state index in [2.05, 4.69) is 43.1 Å². The first-order valence-electron chi connectivity index (χ1n) is 8.75. The number of rotatable bonds is 8. The van der Waals surface area contributed by atoms with Crippen molar-refractivity contribution in [2.24, 2.45) is 0 Å². The first kappa shape index (κ1) is 16.3. The average Bonchev–Trinajstić information content (AvgIpc) is 3.02. The summed E-state index contributed by atoms with van der Waals surface area (Å²) >= 11 is 0. The molecule has 21 heavy (non-hydrogen) atoms. The molecular weight excluding hydrogens is 258 g/mol. The summed E-state index contributed by atoms with van der Waals surface area (Å²) in [5.74, 6) is 1.19. The van der Waals surface area contributed by atoms with E-state index in [1.807, 2.05) is 0 Å². The van der Waals surface area contributed by atoms with Gasteiger partial charge in [0.05, 0.1) is 0 Å². The van der Waals surface area contributed by atoms with Crippen LogP contribution in [0.25, 0.3) is 0 Å². The monoisotopic (exact) mass is 289 g/mol. The Morgan fingerprint density at radius 2 is 1.95 bits per heavy atom. The maximum Gasteiger partial charge on any atom is 0.129 e. The third kappa shape index (κ3) is 4.44. The molecule has 1 aliphatic rings. The summed E-state index contributed by atoms with van der Waals surface area (Å²) < 4.78 is 0. The van der Waals surface area contributed by atoms with E-state index in [0.717, 1.165) is 26.1 Å². The number of nitrogens with one attached hydrogen (secondary N) is 1. The first-order chi connectivity index (χ1) is 10.3. The fraction of sp³-hybridized carbons (Fsp3) is 0.722. The van der Waals surface area contributed by atoms with Crippen molar-refractivity contribution in [1.82, 2.24) is 10.3 Å². The van der Waals surface area contributed by atoms with Gasteiger partial charge in [-0.1, -0.05) is 26.7 Å². The molecule has 118 valence electrons. The summed E-state index contributed by atoms with van der Waals surface area (Å²) in [4.78, 5) is 7.42. The Labute approximate surface area is 130 Å². The van der Waals surface area contributed by atoms with E-state index in [4.69, 9.17) is 4.98 Å².